The second-order valence-electron chi connectivity index (χ2n) is 10.5. The normalized spacial score (nSPS) is 33.7. The molecule has 3 heterocycles. The lowest BCUT2D eigenvalue weighted by Crippen LogP contribution is -2.47. The van der Waals surface area contributed by atoms with Crippen LogP contribution in [0.15, 0.2) is 38.6 Å². The van der Waals surface area contributed by atoms with Crippen LogP contribution >= 0.6 is 39.0 Å². The molecular weight excluding hydrogens is 552 g/mol. The first kappa shape index (κ1) is 23.5. The molecule has 2 aliphatic heterocycles. The minimum Gasteiger partial charge on any atom is -0.480 e. The molecule has 1 aromatic heterocycles. The van der Waals surface area contributed by atoms with Gasteiger partial charge in [0.05, 0.1) is 16.9 Å². The van der Waals surface area contributed by atoms with Gasteiger partial charge in [0.15, 0.2) is 0 Å². The molecule has 0 spiro atoms. The summed E-state index contributed by atoms with van der Waals surface area (Å²) in [5, 5.41) is 10.8. The molecule has 1 saturated heterocycles. The number of halogens is 1. The topological polar surface area (TPSA) is 108 Å². The van der Waals surface area contributed by atoms with E-state index in [4.69, 9.17) is 0 Å². The first-order valence-corrected chi connectivity index (χ1v) is 14.4. The maximum absolute atomic E-state index is 13.7. The molecule has 3 fully saturated rings. The van der Waals surface area contributed by atoms with E-state index in [9.17, 15) is 24.3 Å². The van der Waals surface area contributed by atoms with Gasteiger partial charge in [-0.25, -0.2) is 4.79 Å². The van der Waals surface area contributed by atoms with Crippen molar-refractivity contribution >= 4 is 56.8 Å². The lowest BCUT2D eigenvalue weighted by atomic mass is 9.68. The Labute approximate surface area is 218 Å². The Bertz CT molecular complexity index is 1290. The molecule has 7 nitrogen and oxygen atoms in total. The zero-order chi connectivity index (χ0) is 24.8. The fourth-order valence-corrected chi connectivity index (χ4v) is 10.3. The Kier molecular flexibility index (Phi) is 5.58. The first-order chi connectivity index (χ1) is 16.7. The number of nitrogens with one attached hydrogen (secondary N) is 1. The number of thioether (sulfide) groups is 1. The lowest BCUT2D eigenvalue weighted by molar-refractivity contribution is -0.156. The van der Waals surface area contributed by atoms with Gasteiger partial charge in [-0.3, -0.25) is 19.3 Å². The lowest BCUT2D eigenvalue weighted by Gasteiger charge is -2.43. The standard InChI is InChI=1S/C25H25BrN2O5S2/c1-9(2)7-14(24(31)32)28-22(29)17-12-8-13(18(17)23(28)30)19-16(12)15(10-3-5-11(26)6-4-10)20-21(34-19)27-25(33)35-20/h3-6,9,12-19H,7-8H2,1-2H3,(H,27,33)(H,31,32). The molecule has 2 saturated carbocycles. The van der Waals surface area contributed by atoms with Crippen molar-refractivity contribution in [1.29, 1.82) is 0 Å². The van der Waals surface area contributed by atoms with Crippen molar-refractivity contribution in [1.82, 2.24) is 9.88 Å². The van der Waals surface area contributed by atoms with E-state index in [2.05, 4.69) is 33.0 Å². The predicted molar refractivity (Wildman–Crippen MR) is 135 cm³/mol. The summed E-state index contributed by atoms with van der Waals surface area (Å²) in [6, 6.07) is 7.00. The number of carboxylic acids is 1. The molecular formula is C25H25BrN2O5S2. The van der Waals surface area contributed by atoms with Gasteiger partial charge < -0.3 is 10.1 Å². The van der Waals surface area contributed by atoms with Gasteiger partial charge in [-0.1, -0.05) is 53.2 Å². The summed E-state index contributed by atoms with van der Waals surface area (Å²) in [6.45, 7) is 3.80. The number of likely N-dealkylation sites (tertiary alicyclic amines) is 1. The Balaban J connectivity index is 1.42. The fraction of sp³-hybridized carbons (Fsp3) is 0.520. The van der Waals surface area contributed by atoms with Crippen molar-refractivity contribution in [2.75, 3.05) is 0 Å². The number of aromatic nitrogens is 1. The third-order valence-corrected chi connectivity index (χ3v) is 11.4. The second-order valence-corrected chi connectivity index (χ2v) is 13.7. The number of fused-ring (bicyclic) bond motifs is 9. The van der Waals surface area contributed by atoms with Crippen LogP contribution < -0.4 is 4.87 Å². The highest BCUT2D eigenvalue weighted by molar-refractivity contribution is 9.10. The van der Waals surface area contributed by atoms with Crippen molar-refractivity contribution in [3.05, 3.63) is 48.8 Å². The number of nitrogens with zero attached hydrogens (tertiary/aromatic N) is 1. The van der Waals surface area contributed by atoms with Crippen LogP contribution in [0.3, 0.4) is 0 Å². The van der Waals surface area contributed by atoms with E-state index in [1.165, 1.54) is 11.3 Å². The summed E-state index contributed by atoms with van der Waals surface area (Å²) >= 11 is 6.37. The molecule has 1 aromatic carbocycles. The number of aromatic amines is 1. The largest absolute Gasteiger partial charge is 0.480 e. The van der Waals surface area contributed by atoms with Crippen LogP contribution in [0.5, 0.6) is 0 Å². The average molecular weight is 578 g/mol. The van der Waals surface area contributed by atoms with Gasteiger partial charge in [-0.15, -0.1) is 11.8 Å². The van der Waals surface area contributed by atoms with Crippen LogP contribution in [-0.4, -0.2) is 44.1 Å². The highest BCUT2D eigenvalue weighted by atomic mass is 79.9. The molecule has 184 valence electrons. The number of benzene rings is 1. The maximum atomic E-state index is 13.7. The van der Waals surface area contributed by atoms with E-state index in [1.54, 1.807) is 11.8 Å². The summed E-state index contributed by atoms with van der Waals surface area (Å²) in [6.07, 6.45) is 1.04. The SMILES string of the molecule is CC(C)CC(C(=O)O)N1C(=O)C2C3CC(C2C1=O)C1C(c2ccc(Br)cc2)c2sc(=O)[nH]c2SC31. The van der Waals surface area contributed by atoms with Gasteiger partial charge >= 0.3 is 10.8 Å². The third-order valence-electron chi connectivity index (χ3n) is 8.28. The number of thiazole rings is 1. The Morgan fingerprint density at radius 3 is 2.43 bits per heavy atom. The maximum Gasteiger partial charge on any atom is 0.326 e. The van der Waals surface area contributed by atoms with E-state index in [0.29, 0.717) is 0 Å². The van der Waals surface area contributed by atoms with Crippen molar-refractivity contribution < 1.29 is 19.5 Å². The van der Waals surface area contributed by atoms with Gasteiger partial charge in [0.25, 0.3) is 0 Å². The Morgan fingerprint density at radius 2 is 1.80 bits per heavy atom. The number of rotatable bonds is 5. The minimum atomic E-state index is -1.12. The quantitative estimate of drug-likeness (QED) is 0.517. The van der Waals surface area contributed by atoms with E-state index in [1.807, 2.05) is 26.0 Å². The molecule has 2 aliphatic carbocycles. The first-order valence-electron chi connectivity index (χ1n) is 11.9. The summed E-state index contributed by atoms with van der Waals surface area (Å²) in [7, 11) is 0. The highest BCUT2D eigenvalue weighted by Gasteiger charge is 2.70. The Hall–Kier alpha value is -1.91. The molecule has 4 aliphatic rings. The molecule has 2 amide bonds. The predicted octanol–water partition coefficient (Wildman–Crippen LogP) is 4.17. The van der Waals surface area contributed by atoms with Crippen molar-refractivity contribution in [2.24, 2.45) is 35.5 Å². The van der Waals surface area contributed by atoms with Crippen LogP contribution in [-0.2, 0) is 14.4 Å². The minimum absolute atomic E-state index is 0.00977. The third kappa shape index (κ3) is 3.43. The number of imide groups is 1. The summed E-state index contributed by atoms with van der Waals surface area (Å²) in [5.41, 5.74) is 1.10. The number of carbonyl (C=O) groups is 3. The molecule has 2 bridgehead atoms. The summed E-state index contributed by atoms with van der Waals surface area (Å²) in [4.78, 5) is 56.7. The van der Waals surface area contributed by atoms with Gasteiger partial charge in [0.2, 0.25) is 11.8 Å². The fourth-order valence-electron chi connectivity index (χ4n) is 7.15. The monoisotopic (exact) mass is 576 g/mol. The van der Waals surface area contributed by atoms with Crippen molar-refractivity contribution in [2.45, 2.75) is 48.9 Å². The smallest absolute Gasteiger partial charge is 0.326 e. The zero-order valence-corrected chi connectivity index (χ0v) is 22.4. The van der Waals surface area contributed by atoms with Crippen molar-refractivity contribution in [3.8, 4) is 0 Å². The van der Waals surface area contributed by atoms with Gasteiger partial charge in [0, 0.05) is 20.5 Å². The molecule has 35 heavy (non-hydrogen) atoms. The van der Waals surface area contributed by atoms with E-state index in [0.717, 1.165) is 31.3 Å². The highest BCUT2D eigenvalue weighted by Crippen LogP contribution is 2.68. The number of hydrogen-bond donors (Lipinski definition) is 2. The molecule has 0 radical (unpaired) electrons. The van der Waals surface area contributed by atoms with Crippen LogP contribution in [0.1, 0.15) is 43.0 Å². The number of hydrogen-bond acceptors (Lipinski definition) is 6. The van der Waals surface area contributed by atoms with Gasteiger partial charge in [-0.2, -0.15) is 0 Å². The molecule has 10 heteroatoms. The molecule has 6 rings (SSSR count). The number of carbonyl (C=O) groups excluding carboxylic acids is 2. The summed E-state index contributed by atoms with van der Waals surface area (Å²) in [5.74, 6) is -2.60. The Morgan fingerprint density at radius 1 is 1.14 bits per heavy atom. The van der Waals surface area contributed by atoms with Crippen LogP contribution in [0, 0.1) is 35.5 Å². The number of amides is 2. The van der Waals surface area contributed by atoms with Crippen molar-refractivity contribution in [3.63, 3.8) is 0 Å². The van der Waals surface area contributed by atoms with Crippen LogP contribution in [0.4, 0.5) is 0 Å². The number of H-pyrrole nitrogens is 1. The number of carboxylic acid groups (broad SMARTS) is 1. The molecule has 2 N–H and O–H groups in total. The molecule has 2 aromatic rings. The van der Waals surface area contributed by atoms with Gasteiger partial charge in [-0.05, 0) is 54.2 Å². The molecule has 8 atom stereocenters. The zero-order valence-electron chi connectivity index (χ0n) is 19.1. The average Bonchev–Trinajstić information content (AvgIpc) is 3.52. The van der Waals surface area contributed by atoms with E-state index < -0.39 is 23.8 Å². The van der Waals surface area contributed by atoms with Crippen LogP contribution in [0.2, 0.25) is 0 Å². The van der Waals surface area contributed by atoms with E-state index in [-0.39, 0.29) is 57.9 Å². The number of aliphatic carboxylic acids is 1. The van der Waals surface area contributed by atoms with E-state index >= 15 is 0 Å². The van der Waals surface area contributed by atoms with Crippen LogP contribution in [0.25, 0.3) is 0 Å². The van der Waals surface area contributed by atoms with Gasteiger partial charge in [0.1, 0.15) is 6.04 Å². The summed E-state index contributed by atoms with van der Waals surface area (Å²) < 4.78 is 0.968. The molecule has 8 unspecified atom stereocenters. The second kappa shape index (κ2) is 8.31.